The zero-order valence-electron chi connectivity index (χ0n) is 15.6. The number of carbonyl (C=O) groups is 1. The first-order chi connectivity index (χ1) is 13.1. The van der Waals surface area contributed by atoms with Crippen LogP contribution in [-0.4, -0.2) is 32.7 Å². The van der Waals surface area contributed by atoms with Crippen molar-refractivity contribution in [2.75, 3.05) is 11.9 Å². The molecule has 4 saturated carbocycles. The maximum Gasteiger partial charge on any atom is 0.311 e. The predicted octanol–water partition coefficient (Wildman–Crippen LogP) is 4.18. The Labute approximate surface area is 163 Å². The maximum absolute atomic E-state index is 12.7. The van der Waals surface area contributed by atoms with Crippen molar-refractivity contribution >= 4 is 28.9 Å². The minimum Gasteiger partial charge on any atom is -0.466 e. The lowest BCUT2D eigenvalue weighted by Crippen LogP contribution is -2.56. The van der Waals surface area contributed by atoms with Gasteiger partial charge >= 0.3 is 5.97 Å². The molecule has 6 nitrogen and oxygen atoms in total. The molecule has 27 heavy (non-hydrogen) atoms. The molecule has 1 unspecified atom stereocenters. The fraction of sp³-hybridized carbons (Fsp3) is 0.650. The topological polar surface area (TPSA) is 68.5 Å². The SMILES string of the molecule is CCOC(=O)C1CC2CCC1(Nc1nc(Cl)nn3c(C4CC4)ccc13)CC2. The molecule has 0 spiro atoms. The number of hydrogen-bond donors (Lipinski definition) is 1. The molecule has 4 aliphatic carbocycles. The summed E-state index contributed by atoms with van der Waals surface area (Å²) in [5.41, 5.74) is 1.83. The van der Waals surface area contributed by atoms with E-state index in [-0.39, 0.29) is 22.7 Å². The minimum absolute atomic E-state index is 0.0837. The van der Waals surface area contributed by atoms with E-state index in [1.165, 1.54) is 18.5 Å². The van der Waals surface area contributed by atoms with Crippen molar-refractivity contribution in [1.29, 1.82) is 0 Å². The van der Waals surface area contributed by atoms with Gasteiger partial charge in [-0.1, -0.05) is 0 Å². The summed E-state index contributed by atoms with van der Waals surface area (Å²) in [5, 5.41) is 8.34. The highest BCUT2D eigenvalue weighted by Gasteiger charge is 2.52. The van der Waals surface area contributed by atoms with Gasteiger partial charge in [-0.3, -0.25) is 4.79 Å². The Kier molecular flexibility index (Phi) is 4.08. The molecule has 4 aliphatic rings. The van der Waals surface area contributed by atoms with Crippen molar-refractivity contribution in [1.82, 2.24) is 14.6 Å². The normalized spacial score (nSPS) is 29.9. The van der Waals surface area contributed by atoms with E-state index in [2.05, 4.69) is 27.5 Å². The fourth-order valence-corrected chi connectivity index (χ4v) is 5.28. The zero-order valence-corrected chi connectivity index (χ0v) is 16.3. The van der Waals surface area contributed by atoms with Gasteiger partial charge in [0.15, 0.2) is 5.82 Å². The zero-order chi connectivity index (χ0) is 18.6. The molecule has 4 fully saturated rings. The highest BCUT2D eigenvalue weighted by molar-refractivity contribution is 6.28. The van der Waals surface area contributed by atoms with Crippen LogP contribution < -0.4 is 5.32 Å². The first kappa shape index (κ1) is 17.3. The molecule has 0 aliphatic heterocycles. The van der Waals surface area contributed by atoms with Crippen LogP contribution in [0.1, 0.15) is 63.5 Å². The lowest BCUT2D eigenvalue weighted by atomic mass is 9.59. The van der Waals surface area contributed by atoms with Gasteiger partial charge in [-0.05, 0) is 81.5 Å². The highest BCUT2D eigenvalue weighted by atomic mass is 35.5. The lowest BCUT2D eigenvalue weighted by Gasteiger charge is -2.51. The molecule has 7 heteroatoms. The van der Waals surface area contributed by atoms with Crippen LogP contribution in [0.5, 0.6) is 0 Å². The van der Waals surface area contributed by atoms with Gasteiger partial charge in [-0.25, -0.2) is 4.52 Å². The van der Waals surface area contributed by atoms with E-state index in [1.807, 2.05) is 11.4 Å². The van der Waals surface area contributed by atoms with Gasteiger partial charge in [0.1, 0.15) is 5.52 Å². The Morgan fingerprint density at radius 1 is 1.33 bits per heavy atom. The maximum atomic E-state index is 12.7. The number of hydrogen-bond acceptors (Lipinski definition) is 5. The Morgan fingerprint density at radius 3 is 2.81 bits per heavy atom. The molecule has 0 radical (unpaired) electrons. The summed E-state index contributed by atoms with van der Waals surface area (Å²) in [7, 11) is 0. The molecule has 144 valence electrons. The number of esters is 1. The van der Waals surface area contributed by atoms with E-state index < -0.39 is 0 Å². The second kappa shape index (κ2) is 6.36. The highest BCUT2D eigenvalue weighted by Crippen LogP contribution is 2.50. The van der Waals surface area contributed by atoms with Gasteiger partial charge in [0.25, 0.3) is 0 Å². The van der Waals surface area contributed by atoms with Crippen LogP contribution in [0.2, 0.25) is 5.28 Å². The quantitative estimate of drug-likeness (QED) is 0.778. The Hall–Kier alpha value is -1.82. The van der Waals surface area contributed by atoms with Gasteiger partial charge in [0, 0.05) is 11.6 Å². The summed E-state index contributed by atoms with van der Waals surface area (Å²) in [6, 6.07) is 4.19. The molecule has 1 atom stereocenters. The Bertz CT molecular complexity index is 883. The van der Waals surface area contributed by atoms with Crippen molar-refractivity contribution in [3.63, 3.8) is 0 Å². The largest absolute Gasteiger partial charge is 0.466 e. The molecule has 2 bridgehead atoms. The molecule has 0 saturated heterocycles. The second-order valence-corrected chi connectivity index (χ2v) is 8.66. The fourth-order valence-electron chi connectivity index (χ4n) is 5.12. The summed E-state index contributed by atoms with van der Waals surface area (Å²) in [5.74, 6) is 1.72. The van der Waals surface area contributed by atoms with Crippen molar-refractivity contribution in [2.24, 2.45) is 11.8 Å². The van der Waals surface area contributed by atoms with Gasteiger partial charge in [-0.15, -0.1) is 5.10 Å². The smallest absolute Gasteiger partial charge is 0.311 e. The van der Waals surface area contributed by atoms with Crippen LogP contribution >= 0.6 is 11.6 Å². The number of fused-ring (bicyclic) bond motifs is 4. The van der Waals surface area contributed by atoms with E-state index in [4.69, 9.17) is 16.3 Å². The molecular formula is C20H25ClN4O2. The number of aromatic nitrogens is 3. The number of nitrogens with zero attached hydrogens (tertiary/aromatic N) is 3. The molecule has 2 aromatic rings. The van der Waals surface area contributed by atoms with Crippen molar-refractivity contribution in [2.45, 2.75) is 63.3 Å². The first-order valence-electron chi connectivity index (χ1n) is 10.1. The van der Waals surface area contributed by atoms with Gasteiger partial charge < -0.3 is 10.1 Å². The van der Waals surface area contributed by atoms with Crippen molar-refractivity contribution in [3.8, 4) is 0 Å². The van der Waals surface area contributed by atoms with E-state index in [1.54, 1.807) is 0 Å². The Balaban J connectivity index is 1.53. The predicted molar refractivity (Wildman–Crippen MR) is 103 cm³/mol. The molecular weight excluding hydrogens is 364 g/mol. The number of anilines is 1. The summed E-state index contributed by atoms with van der Waals surface area (Å²) >= 11 is 6.27. The van der Waals surface area contributed by atoms with Gasteiger partial charge in [-0.2, -0.15) is 4.98 Å². The second-order valence-electron chi connectivity index (χ2n) is 8.32. The monoisotopic (exact) mass is 388 g/mol. The third kappa shape index (κ3) is 2.89. The van der Waals surface area contributed by atoms with Crippen molar-refractivity contribution in [3.05, 3.63) is 23.1 Å². The van der Waals surface area contributed by atoms with Crippen LogP contribution in [0.25, 0.3) is 5.52 Å². The molecule has 2 aromatic heterocycles. The van der Waals surface area contributed by atoms with Gasteiger partial charge in [0.2, 0.25) is 5.28 Å². The van der Waals surface area contributed by atoms with Crippen LogP contribution in [0, 0.1) is 11.8 Å². The lowest BCUT2D eigenvalue weighted by molar-refractivity contribution is -0.154. The van der Waals surface area contributed by atoms with Crippen LogP contribution in [-0.2, 0) is 9.53 Å². The van der Waals surface area contributed by atoms with E-state index >= 15 is 0 Å². The molecule has 1 N–H and O–H groups in total. The van der Waals surface area contributed by atoms with Gasteiger partial charge in [0.05, 0.1) is 18.1 Å². The molecule has 0 aromatic carbocycles. The standard InChI is InChI=1S/C20H25ClN4O2/c1-2-27-18(26)14-11-12-7-9-20(14,10-8-12)23-17-16-6-5-15(13-3-4-13)25(16)24-19(21)22-17/h5-6,12-14H,2-4,7-11H2,1H3,(H,22,23,24). The number of carbonyl (C=O) groups excluding carboxylic acids is 1. The molecule has 0 amide bonds. The number of nitrogens with one attached hydrogen (secondary N) is 1. The average molecular weight is 389 g/mol. The number of halogens is 1. The van der Waals surface area contributed by atoms with Crippen molar-refractivity contribution < 1.29 is 9.53 Å². The summed E-state index contributed by atoms with van der Waals surface area (Å²) in [6.45, 7) is 2.29. The average Bonchev–Trinajstić information content (AvgIpc) is 3.42. The first-order valence-corrected chi connectivity index (χ1v) is 10.5. The third-order valence-electron chi connectivity index (χ3n) is 6.68. The van der Waals surface area contributed by atoms with E-state index in [9.17, 15) is 4.79 Å². The summed E-state index contributed by atoms with van der Waals surface area (Å²) < 4.78 is 7.34. The third-order valence-corrected chi connectivity index (χ3v) is 6.84. The molecule has 2 heterocycles. The Morgan fingerprint density at radius 2 is 2.11 bits per heavy atom. The number of ether oxygens (including phenoxy) is 1. The summed E-state index contributed by atoms with van der Waals surface area (Å²) in [4.78, 5) is 17.2. The van der Waals surface area contributed by atoms with Crippen LogP contribution in [0.3, 0.4) is 0 Å². The summed E-state index contributed by atoms with van der Waals surface area (Å²) in [6.07, 6.45) is 7.52. The van der Waals surface area contributed by atoms with E-state index in [0.29, 0.717) is 18.4 Å². The van der Waals surface area contributed by atoms with E-state index in [0.717, 1.165) is 43.4 Å². The minimum atomic E-state index is -0.302. The van der Waals surface area contributed by atoms with Crippen LogP contribution in [0.15, 0.2) is 12.1 Å². The molecule has 6 rings (SSSR count). The number of rotatable bonds is 5. The van der Waals surface area contributed by atoms with Crippen LogP contribution in [0.4, 0.5) is 5.82 Å².